The molecule has 6 heteroatoms. The normalized spacial score (nSPS) is 16.2. The number of benzene rings is 1. The van der Waals surface area contributed by atoms with Crippen molar-refractivity contribution in [3.63, 3.8) is 0 Å². The molecule has 24 heavy (non-hydrogen) atoms. The lowest BCUT2D eigenvalue weighted by Gasteiger charge is -2.36. The van der Waals surface area contributed by atoms with E-state index in [0.717, 1.165) is 16.8 Å². The van der Waals surface area contributed by atoms with Crippen LogP contribution in [0.1, 0.15) is 16.8 Å². The summed E-state index contributed by atoms with van der Waals surface area (Å²) in [6, 6.07) is 13.2. The van der Waals surface area contributed by atoms with Crippen LogP contribution >= 0.6 is 0 Å². The van der Waals surface area contributed by atoms with E-state index in [2.05, 4.69) is 4.98 Å². The summed E-state index contributed by atoms with van der Waals surface area (Å²) in [7, 11) is -3.41. The van der Waals surface area contributed by atoms with E-state index in [1.54, 1.807) is 12.1 Å². The molecular weight excluding hydrogens is 324 g/mol. The molecule has 2 aromatic rings. The molecule has 0 unspecified atom stereocenters. The van der Waals surface area contributed by atoms with Crippen molar-refractivity contribution in [1.29, 1.82) is 0 Å². The summed E-state index contributed by atoms with van der Waals surface area (Å²) in [5, 5.41) is 1.25. The minimum absolute atomic E-state index is 0.151. The number of hydrogen-bond donors (Lipinski definition) is 0. The van der Waals surface area contributed by atoms with Gasteiger partial charge in [-0.25, -0.2) is 13.4 Å². The summed E-state index contributed by atoms with van der Waals surface area (Å²) in [6.07, 6.45) is 1.47. The number of aromatic nitrogens is 1. The van der Waals surface area contributed by atoms with Gasteiger partial charge in [-0.15, -0.1) is 0 Å². The molecule has 2 heterocycles. The van der Waals surface area contributed by atoms with Crippen molar-refractivity contribution in [3.8, 4) is 5.88 Å². The summed E-state index contributed by atoms with van der Waals surface area (Å²) in [6.45, 7) is 4.57. The first kappa shape index (κ1) is 16.7. The topological polar surface area (TPSA) is 59.5 Å². The Morgan fingerprint density at radius 1 is 1.12 bits per heavy atom. The zero-order chi connectivity index (χ0) is 17.2. The van der Waals surface area contributed by atoms with E-state index in [1.165, 1.54) is 9.71 Å². The molecule has 1 aliphatic heterocycles. The van der Waals surface area contributed by atoms with Crippen LogP contribution in [-0.2, 0) is 10.0 Å². The highest BCUT2D eigenvalue weighted by molar-refractivity contribution is 7.92. The van der Waals surface area contributed by atoms with Gasteiger partial charge in [0.25, 0.3) is 0 Å². The van der Waals surface area contributed by atoms with Crippen LogP contribution in [0.3, 0.4) is 0 Å². The minimum atomic E-state index is -3.41. The van der Waals surface area contributed by atoms with Crippen molar-refractivity contribution >= 4 is 16.1 Å². The van der Waals surface area contributed by atoms with Gasteiger partial charge in [0.2, 0.25) is 15.9 Å². The fourth-order valence-electron chi connectivity index (χ4n) is 2.37. The summed E-state index contributed by atoms with van der Waals surface area (Å²) < 4.78 is 31.6. The fourth-order valence-corrected chi connectivity index (χ4v) is 3.62. The van der Waals surface area contributed by atoms with E-state index in [9.17, 15) is 8.42 Å². The Hall–Kier alpha value is -2.18. The predicted octanol–water partition coefficient (Wildman–Crippen LogP) is 2.76. The lowest BCUT2D eigenvalue weighted by Crippen LogP contribution is -2.55. The van der Waals surface area contributed by atoms with E-state index >= 15 is 0 Å². The van der Waals surface area contributed by atoms with Crippen LogP contribution in [0.15, 0.2) is 47.9 Å². The lowest BCUT2D eigenvalue weighted by molar-refractivity contribution is 0.0728. The first-order chi connectivity index (χ1) is 11.4. The molecule has 126 valence electrons. The largest absolute Gasteiger partial charge is 0.472 e. The Kier molecular flexibility index (Phi) is 4.69. The molecule has 0 radical (unpaired) electrons. The number of hydrogen-bond acceptors (Lipinski definition) is 4. The minimum Gasteiger partial charge on any atom is -0.472 e. The zero-order valence-corrected chi connectivity index (χ0v) is 14.5. The van der Waals surface area contributed by atoms with Gasteiger partial charge < -0.3 is 4.74 Å². The molecule has 0 amide bonds. The maximum Gasteiger partial charge on any atom is 0.236 e. The number of aryl methyl sites for hydroxylation is 2. The molecule has 0 atom stereocenters. The van der Waals surface area contributed by atoms with Crippen molar-refractivity contribution in [2.45, 2.75) is 20.0 Å². The Balaban J connectivity index is 1.57. The average Bonchev–Trinajstić information content (AvgIpc) is 2.50. The SMILES string of the molecule is Cc1ccc(/C=C/S(=O)(=O)N2CC(Oc3cccc(C)n3)C2)cc1. The quantitative estimate of drug-likeness (QED) is 0.837. The molecule has 1 aromatic heterocycles. The van der Waals surface area contributed by atoms with Crippen LogP contribution in [0.5, 0.6) is 5.88 Å². The first-order valence-corrected chi connectivity index (χ1v) is 9.28. The van der Waals surface area contributed by atoms with Gasteiger partial charge in [-0.2, -0.15) is 4.31 Å². The van der Waals surface area contributed by atoms with E-state index in [0.29, 0.717) is 19.0 Å². The molecule has 5 nitrogen and oxygen atoms in total. The number of rotatable bonds is 5. The molecule has 0 aliphatic carbocycles. The summed E-state index contributed by atoms with van der Waals surface area (Å²) in [4.78, 5) is 4.26. The van der Waals surface area contributed by atoms with Gasteiger partial charge in [0.1, 0.15) is 6.10 Å². The molecular formula is C18H20N2O3S. The Bertz CT molecular complexity index is 839. The molecule has 1 saturated heterocycles. The summed E-state index contributed by atoms with van der Waals surface area (Å²) in [5.41, 5.74) is 2.88. The highest BCUT2D eigenvalue weighted by Crippen LogP contribution is 2.20. The van der Waals surface area contributed by atoms with Crippen LogP contribution < -0.4 is 4.74 Å². The smallest absolute Gasteiger partial charge is 0.236 e. The number of ether oxygens (including phenoxy) is 1. The molecule has 1 fully saturated rings. The number of sulfonamides is 1. The zero-order valence-electron chi connectivity index (χ0n) is 13.7. The van der Waals surface area contributed by atoms with Gasteiger partial charge in [0.15, 0.2) is 0 Å². The Morgan fingerprint density at radius 2 is 1.83 bits per heavy atom. The third-order valence-corrected chi connectivity index (χ3v) is 5.33. The van der Waals surface area contributed by atoms with Crippen molar-refractivity contribution < 1.29 is 13.2 Å². The molecule has 0 saturated carbocycles. The molecule has 3 rings (SSSR count). The number of pyridine rings is 1. The van der Waals surface area contributed by atoms with E-state index in [1.807, 2.05) is 50.2 Å². The fraction of sp³-hybridized carbons (Fsp3) is 0.278. The lowest BCUT2D eigenvalue weighted by atomic mass is 10.2. The van der Waals surface area contributed by atoms with E-state index < -0.39 is 10.0 Å². The monoisotopic (exact) mass is 344 g/mol. The third-order valence-electron chi connectivity index (χ3n) is 3.83. The van der Waals surface area contributed by atoms with Gasteiger partial charge in [-0.3, -0.25) is 0 Å². The third kappa shape index (κ3) is 4.01. The van der Waals surface area contributed by atoms with Crippen LogP contribution in [0.2, 0.25) is 0 Å². The van der Waals surface area contributed by atoms with Crippen LogP contribution in [-0.4, -0.2) is 36.9 Å². The molecule has 0 N–H and O–H groups in total. The highest BCUT2D eigenvalue weighted by Gasteiger charge is 2.36. The predicted molar refractivity (Wildman–Crippen MR) is 94.1 cm³/mol. The van der Waals surface area contributed by atoms with Gasteiger partial charge in [0, 0.05) is 17.2 Å². The van der Waals surface area contributed by atoms with E-state index in [4.69, 9.17) is 4.74 Å². The highest BCUT2D eigenvalue weighted by atomic mass is 32.2. The van der Waals surface area contributed by atoms with Crippen LogP contribution in [0.4, 0.5) is 0 Å². The van der Waals surface area contributed by atoms with E-state index in [-0.39, 0.29) is 6.10 Å². The van der Waals surface area contributed by atoms with Crippen molar-refractivity contribution in [1.82, 2.24) is 9.29 Å². The standard InChI is InChI=1S/C18H20N2O3S/c1-14-6-8-16(9-7-14)10-11-24(21,22)20-12-17(13-20)23-18-5-3-4-15(2)19-18/h3-11,17H,12-13H2,1-2H3/b11-10+. The summed E-state index contributed by atoms with van der Waals surface area (Å²) in [5.74, 6) is 0.534. The molecule has 0 bridgehead atoms. The maximum absolute atomic E-state index is 12.3. The first-order valence-electron chi connectivity index (χ1n) is 7.77. The summed E-state index contributed by atoms with van der Waals surface area (Å²) >= 11 is 0. The van der Waals surface area contributed by atoms with Gasteiger partial charge >= 0.3 is 0 Å². The van der Waals surface area contributed by atoms with Crippen LogP contribution in [0, 0.1) is 13.8 Å². The number of nitrogens with zero attached hydrogens (tertiary/aromatic N) is 2. The van der Waals surface area contributed by atoms with Gasteiger partial charge in [-0.05, 0) is 31.6 Å². The van der Waals surface area contributed by atoms with Crippen LogP contribution in [0.25, 0.3) is 6.08 Å². The van der Waals surface area contributed by atoms with Gasteiger partial charge in [-0.1, -0.05) is 35.9 Å². The second kappa shape index (κ2) is 6.75. The molecule has 1 aliphatic rings. The second-order valence-corrected chi connectivity index (χ2v) is 7.75. The van der Waals surface area contributed by atoms with Crippen molar-refractivity contribution in [2.24, 2.45) is 0 Å². The molecule has 1 aromatic carbocycles. The maximum atomic E-state index is 12.3. The Morgan fingerprint density at radius 3 is 2.50 bits per heavy atom. The Labute approximate surface area is 142 Å². The average molecular weight is 344 g/mol. The van der Waals surface area contributed by atoms with Crippen molar-refractivity contribution in [3.05, 3.63) is 64.7 Å². The molecule has 0 spiro atoms. The van der Waals surface area contributed by atoms with Gasteiger partial charge in [0.05, 0.1) is 13.1 Å². The van der Waals surface area contributed by atoms with Crippen molar-refractivity contribution in [2.75, 3.05) is 13.1 Å². The second-order valence-electron chi connectivity index (χ2n) is 5.93.